The Kier molecular flexibility index (Phi) is 6.09. The third-order valence-electron chi connectivity index (χ3n) is 4.70. The number of sulfonamides is 1. The Balaban J connectivity index is 1.62. The van der Waals surface area contributed by atoms with Gasteiger partial charge in [0.1, 0.15) is 6.33 Å². The van der Waals surface area contributed by atoms with E-state index in [0.29, 0.717) is 16.7 Å². The van der Waals surface area contributed by atoms with Crippen LogP contribution in [-0.4, -0.2) is 33.5 Å². The van der Waals surface area contributed by atoms with E-state index in [2.05, 4.69) is 19.7 Å². The smallest absolute Gasteiger partial charge is 0.241 e. The van der Waals surface area contributed by atoms with Crippen LogP contribution >= 0.6 is 11.6 Å². The molecule has 4 rings (SSSR count). The lowest BCUT2D eigenvalue weighted by atomic mass is 10.1. The highest BCUT2D eigenvalue weighted by Crippen LogP contribution is 2.24. The number of aromatic nitrogens is 4. The predicted octanol–water partition coefficient (Wildman–Crippen LogP) is 5.03. The fourth-order valence-corrected chi connectivity index (χ4v) is 4.83. The highest BCUT2D eigenvalue weighted by molar-refractivity contribution is 7.89. The number of nitrogens with one attached hydrogen (secondary N) is 1. The highest BCUT2D eigenvalue weighted by Gasteiger charge is 2.22. The average Bonchev–Trinajstić information content (AvgIpc) is 3.23. The minimum absolute atomic E-state index is 0.204. The van der Waals surface area contributed by atoms with Crippen molar-refractivity contribution in [3.63, 3.8) is 0 Å². The summed E-state index contributed by atoms with van der Waals surface area (Å²) in [5, 5.41) is 0.664. The fraction of sp³-hybridized carbons (Fsp3) is 0.208. The zero-order chi connectivity index (χ0) is 23.8. The summed E-state index contributed by atoms with van der Waals surface area (Å²) in [5.74, 6) is 0.493. The molecule has 33 heavy (non-hydrogen) atoms. The van der Waals surface area contributed by atoms with E-state index in [4.69, 9.17) is 11.6 Å². The van der Waals surface area contributed by atoms with E-state index in [1.54, 1.807) is 55.9 Å². The van der Waals surface area contributed by atoms with Gasteiger partial charge in [0.25, 0.3) is 0 Å². The van der Waals surface area contributed by atoms with Crippen molar-refractivity contribution in [1.82, 2.24) is 24.2 Å². The van der Waals surface area contributed by atoms with E-state index in [1.165, 1.54) is 0 Å². The molecular weight excluding hydrogens is 458 g/mol. The van der Waals surface area contributed by atoms with Crippen LogP contribution in [0.15, 0.2) is 72.0 Å². The molecule has 0 atom stereocenters. The van der Waals surface area contributed by atoms with Gasteiger partial charge in [-0.25, -0.2) is 28.1 Å². The summed E-state index contributed by atoms with van der Waals surface area (Å²) >= 11 is 6.00. The number of hydrogen-bond acceptors (Lipinski definition) is 5. The first kappa shape index (κ1) is 23.1. The third kappa shape index (κ3) is 5.47. The van der Waals surface area contributed by atoms with E-state index >= 15 is 0 Å². The van der Waals surface area contributed by atoms with Crippen molar-refractivity contribution in [3.05, 3.63) is 77.8 Å². The predicted molar refractivity (Wildman–Crippen MR) is 130 cm³/mol. The molecule has 2 heterocycles. The van der Waals surface area contributed by atoms with Crippen LogP contribution in [0.5, 0.6) is 0 Å². The number of nitrogens with zero attached hydrogens (tertiary/aromatic N) is 4. The van der Waals surface area contributed by atoms with Crippen molar-refractivity contribution in [2.45, 2.75) is 38.1 Å². The van der Waals surface area contributed by atoms with Gasteiger partial charge in [-0.3, -0.25) is 4.57 Å². The number of rotatable bonds is 5. The first-order chi connectivity index (χ1) is 15.5. The minimum Gasteiger partial charge on any atom is -0.274 e. The molecule has 0 saturated carbocycles. The van der Waals surface area contributed by atoms with Crippen LogP contribution in [0.1, 0.15) is 26.5 Å². The second-order valence-corrected chi connectivity index (χ2v) is 10.9. The zero-order valence-electron chi connectivity index (χ0n) is 18.7. The molecule has 0 unspecified atom stereocenters. The number of imidazole rings is 1. The molecule has 0 fully saturated rings. The van der Waals surface area contributed by atoms with Gasteiger partial charge in [0.15, 0.2) is 0 Å². The van der Waals surface area contributed by atoms with E-state index in [-0.39, 0.29) is 4.90 Å². The molecule has 1 N–H and O–H groups in total. The first-order valence-corrected chi connectivity index (χ1v) is 12.2. The summed E-state index contributed by atoms with van der Waals surface area (Å²) in [4.78, 5) is 13.9. The Morgan fingerprint density at radius 2 is 1.52 bits per heavy atom. The van der Waals surface area contributed by atoms with Gasteiger partial charge in [0.2, 0.25) is 16.0 Å². The molecule has 0 aliphatic heterocycles. The number of halogens is 1. The van der Waals surface area contributed by atoms with E-state index in [1.807, 2.05) is 43.5 Å². The lowest BCUT2D eigenvalue weighted by molar-refractivity contribution is 0.491. The van der Waals surface area contributed by atoms with E-state index < -0.39 is 15.6 Å². The van der Waals surface area contributed by atoms with Crippen molar-refractivity contribution in [2.75, 3.05) is 0 Å². The standard InChI is InChI=1S/C24H24ClN5O2S/c1-16-13-21(17-5-9-19(25)10-6-17)28-23(27-16)30-14-22(26-15-30)18-7-11-20(12-8-18)33(31,32)29-24(2,3)4/h5-15,29H,1-4H3. The molecule has 0 radical (unpaired) electrons. The van der Waals surface area contributed by atoms with Crippen LogP contribution < -0.4 is 4.72 Å². The Labute approximate surface area is 198 Å². The van der Waals surface area contributed by atoms with Crippen LogP contribution in [0.3, 0.4) is 0 Å². The molecule has 0 saturated heterocycles. The molecule has 0 amide bonds. The van der Waals surface area contributed by atoms with Crippen molar-refractivity contribution < 1.29 is 8.42 Å². The highest BCUT2D eigenvalue weighted by atomic mass is 35.5. The van der Waals surface area contributed by atoms with Gasteiger partial charge < -0.3 is 0 Å². The quantitative estimate of drug-likeness (QED) is 0.431. The molecule has 2 aromatic carbocycles. The van der Waals surface area contributed by atoms with Gasteiger partial charge in [-0.1, -0.05) is 35.9 Å². The summed E-state index contributed by atoms with van der Waals surface area (Å²) in [6, 6.07) is 16.0. The number of benzene rings is 2. The summed E-state index contributed by atoms with van der Waals surface area (Å²) in [6.07, 6.45) is 3.46. The third-order valence-corrected chi connectivity index (χ3v) is 6.72. The Bertz CT molecular complexity index is 1390. The second kappa shape index (κ2) is 8.70. The van der Waals surface area contributed by atoms with Crippen LogP contribution in [0.4, 0.5) is 0 Å². The Morgan fingerprint density at radius 3 is 2.15 bits per heavy atom. The molecule has 170 valence electrons. The van der Waals surface area contributed by atoms with Crippen molar-refractivity contribution in [2.24, 2.45) is 0 Å². The summed E-state index contributed by atoms with van der Waals surface area (Å²) in [6.45, 7) is 7.32. The SMILES string of the molecule is Cc1cc(-c2ccc(Cl)cc2)nc(-n2cnc(-c3ccc(S(=O)(=O)NC(C)(C)C)cc3)c2)n1. The zero-order valence-corrected chi connectivity index (χ0v) is 20.3. The maximum Gasteiger partial charge on any atom is 0.241 e. The van der Waals surface area contributed by atoms with Crippen molar-refractivity contribution in [3.8, 4) is 28.5 Å². The summed E-state index contributed by atoms with van der Waals surface area (Å²) < 4.78 is 29.5. The molecule has 2 aromatic heterocycles. The molecule has 0 aliphatic carbocycles. The molecule has 4 aromatic rings. The van der Waals surface area contributed by atoms with Crippen molar-refractivity contribution in [1.29, 1.82) is 0 Å². The first-order valence-electron chi connectivity index (χ1n) is 10.3. The lowest BCUT2D eigenvalue weighted by Gasteiger charge is -2.20. The van der Waals surface area contributed by atoms with Gasteiger partial charge in [-0.15, -0.1) is 0 Å². The molecule has 7 nitrogen and oxygen atoms in total. The van der Waals surface area contributed by atoms with Crippen LogP contribution in [0.2, 0.25) is 5.02 Å². The average molecular weight is 482 g/mol. The normalized spacial score (nSPS) is 12.2. The fourth-order valence-electron chi connectivity index (χ4n) is 3.29. The Morgan fingerprint density at radius 1 is 0.909 bits per heavy atom. The molecule has 9 heteroatoms. The number of aryl methyl sites for hydroxylation is 1. The van der Waals surface area contributed by atoms with E-state index in [9.17, 15) is 8.42 Å². The Hall–Kier alpha value is -3.07. The van der Waals surface area contributed by atoms with E-state index in [0.717, 1.165) is 22.5 Å². The molecule has 0 bridgehead atoms. The minimum atomic E-state index is -3.60. The maximum absolute atomic E-state index is 12.5. The van der Waals surface area contributed by atoms with Gasteiger partial charge >= 0.3 is 0 Å². The monoisotopic (exact) mass is 481 g/mol. The van der Waals surface area contributed by atoms with Crippen LogP contribution in [0, 0.1) is 6.92 Å². The van der Waals surface area contributed by atoms with Gasteiger partial charge in [-0.05, 0) is 58.0 Å². The second-order valence-electron chi connectivity index (χ2n) is 8.75. The number of hydrogen-bond donors (Lipinski definition) is 1. The molecule has 0 aliphatic rings. The van der Waals surface area contributed by atoms with Gasteiger partial charge in [0.05, 0.1) is 16.3 Å². The summed E-state index contributed by atoms with van der Waals surface area (Å²) in [5.41, 5.74) is 3.45. The van der Waals surface area contributed by atoms with Crippen LogP contribution in [0.25, 0.3) is 28.5 Å². The maximum atomic E-state index is 12.5. The van der Waals surface area contributed by atoms with Gasteiger partial charge in [-0.2, -0.15) is 0 Å². The molecule has 0 spiro atoms. The molecular formula is C24H24ClN5O2S. The summed E-state index contributed by atoms with van der Waals surface area (Å²) in [7, 11) is -3.60. The largest absolute Gasteiger partial charge is 0.274 e. The van der Waals surface area contributed by atoms with Crippen LogP contribution in [-0.2, 0) is 10.0 Å². The van der Waals surface area contributed by atoms with Crippen molar-refractivity contribution >= 4 is 21.6 Å². The van der Waals surface area contributed by atoms with Gasteiger partial charge in [0, 0.05) is 33.6 Å². The lowest BCUT2D eigenvalue weighted by Crippen LogP contribution is -2.40. The topological polar surface area (TPSA) is 89.8 Å².